The molecular weight excluding hydrogens is 543 g/mol. The average molecular weight is 566 g/mol. The molecule has 5 rings (SSSR count). The summed E-state index contributed by atoms with van der Waals surface area (Å²) in [4.78, 5) is 14.7. The summed E-state index contributed by atoms with van der Waals surface area (Å²) in [5.74, 6) is 0.176. The zero-order chi connectivity index (χ0) is 28.3. The molecule has 0 bridgehead atoms. The molecule has 0 saturated carbocycles. The predicted molar refractivity (Wildman–Crippen MR) is 142 cm³/mol. The first kappa shape index (κ1) is 27.0. The molecule has 0 unspecified atom stereocenters. The SMILES string of the molecule is O=C(c1cccc2ccccc12)N(Cc1cccc(OS(=O)(=O)c2cccc(C(F)(F)F)c2)c1)Cc1ccco1. The average Bonchev–Trinajstić information content (AvgIpc) is 3.45. The Bertz CT molecular complexity index is 1760. The molecule has 0 N–H and O–H groups in total. The number of amides is 1. The fraction of sp³-hybridized carbons (Fsp3) is 0.100. The Kier molecular flexibility index (Phi) is 7.36. The third kappa shape index (κ3) is 6.02. The number of halogens is 3. The number of alkyl halides is 3. The van der Waals surface area contributed by atoms with Crippen molar-refractivity contribution in [3.05, 3.63) is 132 Å². The Balaban J connectivity index is 1.43. The maximum atomic E-state index is 13.8. The number of nitrogens with zero attached hydrogens (tertiary/aromatic N) is 1. The largest absolute Gasteiger partial charge is 0.467 e. The van der Waals surface area contributed by atoms with E-state index in [-0.39, 0.29) is 24.7 Å². The number of carbonyl (C=O) groups excluding carboxylic acids is 1. The molecule has 4 aromatic carbocycles. The van der Waals surface area contributed by atoms with Crippen molar-refractivity contribution < 1.29 is 35.0 Å². The summed E-state index contributed by atoms with van der Waals surface area (Å²) in [5, 5.41) is 1.69. The van der Waals surface area contributed by atoms with Gasteiger partial charge in [0.15, 0.2) is 0 Å². The van der Waals surface area contributed by atoms with Crippen molar-refractivity contribution in [2.45, 2.75) is 24.2 Å². The minimum atomic E-state index is -4.71. The monoisotopic (exact) mass is 565 g/mol. The molecular formula is C30H22F3NO5S. The summed E-state index contributed by atoms with van der Waals surface area (Å²) in [7, 11) is -4.56. The second kappa shape index (κ2) is 10.9. The van der Waals surface area contributed by atoms with E-state index in [1.54, 1.807) is 41.3 Å². The van der Waals surface area contributed by atoms with Gasteiger partial charge in [-0.1, -0.05) is 54.6 Å². The molecule has 6 nitrogen and oxygen atoms in total. The van der Waals surface area contributed by atoms with Crippen LogP contribution in [0.25, 0.3) is 10.8 Å². The summed E-state index contributed by atoms with van der Waals surface area (Å²) in [6.45, 7) is 0.215. The van der Waals surface area contributed by atoms with Crippen molar-refractivity contribution in [3.63, 3.8) is 0 Å². The van der Waals surface area contributed by atoms with E-state index in [1.807, 2.05) is 30.3 Å². The van der Waals surface area contributed by atoms with Gasteiger partial charge >= 0.3 is 16.3 Å². The van der Waals surface area contributed by atoms with E-state index in [0.717, 1.165) is 29.0 Å². The van der Waals surface area contributed by atoms with Gasteiger partial charge in [-0.2, -0.15) is 21.6 Å². The minimum Gasteiger partial charge on any atom is -0.467 e. The number of hydrogen-bond acceptors (Lipinski definition) is 5. The normalized spacial score (nSPS) is 11.9. The van der Waals surface area contributed by atoms with E-state index in [0.29, 0.717) is 23.0 Å². The number of fused-ring (bicyclic) bond motifs is 1. The first-order valence-corrected chi connectivity index (χ1v) is 13.5. The molecule has 1 amide bonds. The van der Waals surface area contributed by atoms with E-state index in [4.69, 9.17) is 8.60 Å². The van der Waals surface area contributed by atoms with Crippen LogP contribution in [0.5, 0.6) is 5.75 Å². The number of rotatable bonds is 8. The van der Waals surface area contributed by atoms with E-state index < -0.39 is 26.8 Å². The van der Waals surface area contributed by atoms with Crippen LogP contribution in [-0.2, 0) is 29.4 Å². The Morgan fingerprint density at radius 3 is 2.35 bits per heavy atom. The molecule has 0 spiro atoms. The Morgan fingerprint density at radius 2 is 1.57 bits per heavy atom. The Morgan fingerprint density at radius 1 is 0.825 bits per heavy atom. The zero-order valence-corrected chi connectivity index (χ0v) is 21.7. The molecule has 0 aliphatic rings. The van der Waals surface area contributed by atoms with Gasteiger partial charge in [-0.15, -0.1) is 0 Å². The van der Waals surface area contributed by atoms with Gasteiger partial charge in [0.2, 0.25) is 0 Å². The highest BCUT2D eigenvalue weighted by Gasteiger charge is 2.32. The smallest absolute Gasteiger partial charge is 0.416 e. The molecule has 0 radical (unpaired) electrons. The van der Waals surface area contributed by atoms with Crippen molar-refractivity contribution in [2.75, 3.05) is 0 Å². The van der Waals surface area contributed by atoms with E-state index in [1.165, 1.54) is 18.4 Å². The number of benzene rings is 4. The highest BCUT2D eigenvalue weighted by molar-refractivity contribution is 7.87. The standard InChI is InChI=1S/C30H22F3NO5S/c31-30(32,33)23-10-5-13-26(18-23)40(36,37)39-24-11-3-7-21(17-24)19-34(20-25-12-6-16-38-25)29(35)28-15-4-9-22-8-1-2-14-27(22)28/h1-18H,19-20H2. The molecule has 0 saturated heterocycles. The lowest BCUT2D eigenvalue weighted by atomic mass is 10.0. The molecule has 1 aromatic heterocycles. The van der Waals surface area contributed by atoms with Crippen LogP contribution in [0.3, 0.4) is 0 Å². The van der Waals surface area contributed by atoms with E-state index >= 15 is 0 Å². The van der Waals surface area contributed by atoms with Crippen LogP contribution >= 0.6 is 0 Å². The van der Waals surface area contributed by atoms with Gasteiger partial charge in [-0.05, 0) is 64.9 Å². The first-order valence-electron chi connectivity index (χ1n) is 12.1. The molecule has 0 aliphatic carbocycles. The van der Waals surface area contributed by atoms with Gasteiger partial charge in [-0.3, -0.25) is 4.79 Å². The number of carbonyl (C=O) groups is 1. The second-order valence-electron chi connectivity index (χ2n) is 8.98. The molecule has 0 fully saturated rings. The molecule has 10 heteroatoms. The summed E-state index contributed by atoms with van der Waals surface area (Å²) >= 11 is 0. The molecule has 204 valence electrons. The lowest BCUT2D eigenvalue weighted by Crippen LogP contribution is -2.30. The lowest BCUT2D eigenvalue weighted by molar-refractivity contribution is -0.137. The maximum Gasteiger partial charge on any atom is 0.416 e. The Hall–Kier alpha value is -4.57. The van der Waals surface area contributed by atoms with Crippen LogP contribution in [0.4, 0.5) is 13.2 Å². The molecule has 0 aliphatic heterocycles. The molecule has 1 heterocycles. The van der Waals surface area contributed by atoms with Crippen molar-refractivity contribution in [2.24, 2.45) is 0 Å². The summed E-state index contributed by atoms with van der Waals surface area (Å²) in [6.07, 6.45) is -3.21. The van der Waals surface area contributed by atoms with Gasteiger partial charge in [0.1, 0.15) is 16.4 Å². The quantitative estimate of drug-likeness (QED) is 0.188. The summed E-state index contributed by atoms with van der Waals surface area (Å²) in [6, 6.07) is 25.8. The van der Waals surface area contributed by atoms with Gasteiger partial charge in [0, 0.05) is 12.1 Å². The minimum absolute atomic E-state index is 0.0730. The highest BCUT2D eigenvalue weighted by Crippen LogP contribution is 2.31. The van der Waals surface area contributed by atoms with Crippen molar-refractivity contribution in [1.29, 1.82) is 0 Å². The maximum absolute atomic E-state index is 13.8. The van der Waals surface area contributed by atoms with E-state index in [2.05, 4.69) is 0 Å². The fourth-order valence-corrected chi connectivity index (χ4v) is 5.26. The second-order valence-corrected chi connectivity index (χ2v) is 10.5. The molecule has 5 aromatic rings. The van der Waals surface area contributed by atoms with Gasteiger partial charge in [-0.25, -0.2) is 0 Å². The highest BCUT2D eigenvalue weighted by atomic mass is 32.2. The van der Waals surface area contributed by atoms with Crippen LogP contribution < -0.4 is 4.18 Å². The van der Waals surface area contributed by atoms with Crippen LogP contribution in [0.2, 0.25) is 0 Å². The van der Waals surface area contributed by atoms with Crippen molar-refractivity contribution in [1.82, 2.24) is 4.90 Å². The summed E-state index contributed by atoms with van der Waals surface area (Å²) in [5.41, 5.74) is -0.0764. The van der Waals surface area contributed by atoms with Crippen molar-refractivity contribution >= 4 is 26.8 Å². The van der Waals surface area contributed by atoms with Crippen LogP contribution in [0.15, 0.2) is 119 Å². The number of furan rings is 1. The lowest BCUT2D eigenvalue weighted by Gasteiger charge is -2.23. The third-order valence-electron chi connectivity index (χ3n) is 6.16. The van der Waals surface area contributed by atoms with Crippen molar-refractivity contribution in [3.8, 4) is 5.75 Å². The van der Waals surface area contributed by atoms with Gasteiger partial charge in [0.05, 0.1) is 18.4 Å². The van der Waals surface area contributed by atoms with Crippen LogP contribution in [-0.4, -0.2) is 19.2 Å². The predicted octanol–water partition coefficient (Wildman–Crippen LogP) is 7.06. The zero-order valence-electron chi connectivity index (χ0n) is 20.8. The topological polar surface area (TPSA) is 76.8 Å². The Labute approximate surface area is 228 Å². The van der Waals surface area contributed by atoms with Gasteiger partial charge in [0.25, 0.3) is 5.91 Å². The molecule has 40 heavy (non-hydrogen) atoms. The van der Waals surface area contributed by atoms with Crippen LogP contribution in [0, 0.1) is 0 Å². The summed E-state index contributed by atoms with van der Waals surface area (Å²) < 4.78 is 75.5. The number of hydrogen-bond donors (Lipinski definition) is 0. The van der Waals surface area contributed by atoms with Gasteiger partial charge < -0.3 is 13.5 Å². The fourth-order valence-electron chi connectivity index (χ4n) is 4.29. The first-order chi connectivity index (χ1) is 19.1. The molecule has 0 atom stereocenters. The van der Waals surface area contributed by atoms with Crippen LogP contribution in [0.1, 0.15) is 27.2 Å². The van der Waals surface area contributed by atoms with E-state index in [9.17, 15) is 26.4 Å². The third-order valence-corrected chi connectivity index (χ3v) is 7.41.